The van der Waals surface area contributed by atoms with Gasteiger partial charge in [0.1, 0.15) is 5.82 Å². The molecule has 3 aliphatic heterocycles. The van der Waals surface area contributed by atoms with E-state index in [0.29, 0.717) is 5.92 Å². The lowest BCUT2D eigenvalue weighted by Crippen LogP contribution is -2.39. The molecule has 1 aromatic carbocycles. The standard InChI is InChI=1S/C18H19N3O/c1-20-15-3-2-13(18(6-7-18)19-11-22)10-14(15)16-12-4-8-21(9-5-12)17(16)20/h2-3,10,12H,4-9H2,1H3. The number of benzene rings is 1. The van der Waals surface area contributed by atoms with E-state index in [4.69, 9.17) is 0 Å². The van der Waals surface area contributed by atoms with Crippen LogP contribution in [0, 0.1) is 0 Å². The van der Waals surface area contributed by atoms with Gasteiger partial charge in [0, 0.05) is 36.6 Å². The van der Waals surface area contributed by atoms with Crippen molar-refractivity contribution in [1.29, 1.82) is 0 Å². The molecule has 0 amide bonds. The zero-order valence-electron chi connectivity index (χ0n) is 12.8. The van der Waals surface area contributed by atoms with Crippen LogP contribution in [0.4, 0.5) is 5.82 Å². The average Bonchev–Trinajstić information content (AvgIpc) is 3.28. The van der Waals surface area contributed by atoms with Crippen LogP contribution >= 0.6 is 0 Å². The van der Waals surface area contributed by atoms with Crippen molar-refractivity contribution in [2.75, 3.05) is 18.0 Å². The number of rotatable bonds is 2. The normalized spacial score (nSPS) is 21.8. The van der Waals surface area contributed by atoms with E-state index in [2.05, 4.69) is 39.7 Å². The summed E-state index contributed by atoms with van der Waals surface area (Å²) in [5, 5.41) is 1.37. The zero-order chi connectivity index (χ0) is 14.9. The largest absolute Gasteiger partial charge is 0.358 e. The van der Waals surface area contributed by atoms with E-state index in [-0.39, 0.29) is 5.54 Å². The Morgan fingerprint density at radius 1 is 1.27 bits per heavy atom. The fraction of sp³-hybridized carbons (Fsp3) is 0.500. The number of anilines is 1. The fourth-order valence-electron chi connectivity index (χ4n) is 4.58. The van der Waals surface area contributed by atoms with Gasteiger partial charge in [0.15, 0.2) is 0 Å². The minimum absolute atomic E-state index is 0.271. The van der Waals surface area contributed by atoms with Crippen molar-refractivity contribution in [1.82, 2.24) is 4.57 Å². The van der Waals surface area contributed by atoms with Crippen LogP contribution in [0.5, 0.6) is 0 Å². The maximum atomic E-state index is 10.7. The van der Waals surface area contributed by atoms with Crippen LogP contribution in [0.3, 0.4) is 0 Å². The van der Waals surface area contributed by atoms with Crippen molar-refractivity contribution in [3.63, 3.8) is 0 Å². The molecule has 1 aliphatic carbocycles. The third kappa shape index (κ3) is 1.43. The van der Waals surface area contributed by atoms with E-state index in [9.17, 15) is 4.79 Å². The first-order valence-electron chi connectivity index (χ1n) is 8.20. The quantitative estimate of drug-likeness (QED) is 0.630. The van der Waals surface area contributed by atoms with Gasteiger partial charge >= 0.3 is 0 Å². The fourth-order valence-corrected chi connectivity index (χ4v) is 4.58. The Morgan fingerprint density at radius 2 is 2.05 bits per heavy atom. The average molecular weight is 293 g/mol. The number of aromatic nitrogens is 1. The minimum Gasteiger partial charge on any atom is -0.358 e. The predicted molar refractivity (Wildman–Crippen MR) is 86.1 cm³/mol. The van der Waals surface area contributed by atoms with Crippen molar-refractivity contribution in [3.05, 3.63) is 29.3 Å². The number of carbonyl (C=O) groups excluding carboxylic acids is 1. The highest BCUT2D eigenvalue weighted by atomic mass is 16.1. The number of isocyanates is 1. The molecule has 112 valence electrons. The van der Waals surface area contributed by atoms with Crippen LogP contribution in [-0.2, 0) is 17.4 Å². The summed E-state index contributed by atoms with van der Waals surface area (Å²) in [5.74, 6) is 2.11. The number of aryl methyl sites for hydroxylation is 1. The molecule has 22 heavy (non-hydrogen) atoms. The second-order valence-corrected chi connectivity index (χ2v) is 7.02. The summed E-state index contributed by atoms with van der Waals surface area (Å²) in [6, 6.07) is 6.66. The van der Waals surface area contributed by atoms with Crippen LogP contribution in [-0.4, -0.2) is 23.7 Å². The van der Waals surface area contributed by atoms with Gasteiger partial charge in [0.25, 0.3) is 0 Å². The van der Waals surface area contributed by atoms with Gasteiger partial charge in [-0.15, -0.1) is 0 Å². The molecule has 6 rings (SSSR count). The summed E-state index contributed by atoms with van der Waals surface area (Å²) in [7, 11) is 2.18. The topological polar surface area (TPSA) is 37.6 Å². The zero-order valence-corrected chi connectivity index (χ0v) is 12.8. The second kappa shape index (κ2) is 4.02. The van der Waals surface area contributed by atoms with Crippen LogP contribution in [0.15, 0.2) is 23.2 Å². The van der Waals surface area contributed by atoms with E-state index < -0.39 is 0 Å². The van der Waals surface area contributed by atoms with E-state index in [1.165, 1.54) is 53.8 Å². The van der Waals surface area contributed by atoms with Crippen molar-refractivity contribution in [2.45, 2.75) is 37.1 Å². The molecule has 2 fully saturated rings. The van der Waals surface area contributed by atoms with E-state index in [1.807, 2.05) is 0 Å². The Morgan fingerprint density at radius 3 is 2.73 bits per heavy atom. The Hall–Kier alpha value is -2.06. The van der Waals surface area contributed by atoms with Crippen molar-refractivity contribution < 1.29 is 4.79 Å². The Labute approximate surface area is 129 Å². The predicted octanol–water partition coefficient (Wildman–Crippen LogP) is 3.20. The first-order chi connectivity index (χ1) is 10.7. The number of hydrogen-bond donors (Lipinski definition) is 0. The first kappa shape index (κ1) is 12.5. The summed E-state index contributed by atoms with van der Waals surface area (Å²) < 4.78 is 2.35. The maximum Gasteiger partial charge on any atom is 0.235 e. The number of hydrogen-bond acceptors (Lipinski definition) is 3. The summed E-state index contributed by atoms with van der Waals surface area (Å²) in [6.45, 7) is 2.38. The lowest BCUT2D eigenvalue weighted by atomic mass is 9.84. The third-order valence-corrected chi connectivity index (χ3v) is 5.93. The van der Waals surface area contributed by atoms with Gasteiger partial charge in [-0.3, -0.25) is 0 Å². The first-order valence-corrected chi connectivity index (χ1v) is 8.20. The summed E-state index contributed by atoms with van der Waals surface area (Å²) in [6.07, 6.45) is 6.26. The molecular weight excluding hydrogens is 274 g/mol. The molecular formula is C18H19N3O. The number of piperidine rings is 1. The van der Waals surface area contributed by atoms with E-state index in [1.54, 1.807) is 6.08 Å². The summed E-state index contributed by atoms with van der Waals surface area (Å²) in [5.41, 5.74) is 3.75. The van der Waals surface area contributed by atoms with Crippen molar-refractivity contribution in [3.8, 4) is 0 Å². The molecule has 4 heteroatoms. The van der Waals surface area contributed by atoms with Crippen molar-refractivity contribution >= 4 is 22.8 Å². The van der Waals surface area contributed by atoms with Crippen LogP contribution < -0.4 is 4.90 Å². The monoisotopic (exact) mass is 293 g/mol. The Bertz CT molecular complexity index is 832. The van der Waals surface area contributed by atoms with Gasteiger partial charge in [-0.25, -0.2) is 4.79 Å². The molecule has 0 N–H and O–H groups in total. The molecule has 0 atom stereocenters. The highest BCUT2D eigenvalue weighted by Crippen LogP contribution is 2.52. The van der Waals surface area contributed by atoms with Crippen LogP contribution in [0.2, 0.25) is 0 Å². The van der Waals surface area contributed by atoms with Gasteiger partial charge in [-0.1, -0.05) is 6.07 Å². The van der Waals surface area contributed by atoms with Gasteiger partial charge in [0.05, 0.1) is 5.54 Å². The molecule has 1 saturated heterocycles. The lowest BCUT2D eigenvalue weighted by molar-refractivity contribution is 0.469. The molecule has 1 saturated carbocycles. The maximum absolute atomic E-state index is 10.7. The van der Waals surface area contributed by atoms with E-state index in [0.717, 1.165) is 12.8 Å². The molecule has 4 aliphatic rings. The van der Waals surface area contributed by atoms with E-state index >= 15 is 0 Å². The van der Waals surface area contributed by atoms with Crippen molar-refractivity contribution in [2.24, 2.45) is 12.0 Å². The summed E-state index contributed by atoms with van der Waals surface area (Å²) >= 11 is 0. The van der Waals surface area contributed by atoms with Gasteiger partial charge in [-0.2, -0.15) is 4.99 Å². The molecule has 4 nitrogen and oxygen atoms in total. The number of nitrogens with zero attached hydrogens (tertiary/aromatic N) is 3. The highest BCUT2D eigenvalue weighted by molar-refractivity contribution is 5.92. The highest BCUT2D eigenvalue weighted by Gasteiger charge is 2.45. The molecule has 2 aromatic rings. The molecule has 0 radical (unpaired) electrons. The van der Waals surface area contributed by atoms with Crippen LogP contribution in [0.25, 0.3) is 10.9 Å². The Balaban J connectivity index is 1.77. The number of aliphatic imine (C=N–C) groups is 1. The SMILES string of the molecule is Cn1c2c(c3cc(C4(N=C=O)CC4)ccc31)C1CCN2CC1. The molecule has 1 aromatic heterocycles. The minimum atomic E-state index is -0.271. The third-order valence-electron chi connectivity index (χ3n) is 5.93. The van der Waals surface area contributed by atoms with Crippen LogP contribution in [0.1, 0.15) is 42.7 Å². The lowest BCUT2D eigenvalue weighted by Gasteiger charge is -2.41. The molecule has 0 spiro atoms. The van der Waals surface area contributed by atoms with Gasteiger partial charge in [-0.05, 0) is 49.3 Å². The molecule has 0 unspecified atom stereocenters. The van der Waals surface area contributed by atoms with Gasteiger partial charge in [0.2, 0.25) is 6.08 Å². The smallest absolute Gasteiger partial charge is 0.235 e. The van der Waals surface area contributed by atoms with Gasteiger partial charge < -0.3 is 9.47 Å². The Kier molecular flexibility index (Phi) is 2.28. The number of fused-ring (bicyclic) bond motifs is 3. The second-order valence-electron chi connectivity index (χ2n) is 7.02. The molecule has 4 heterocycles. The summed E-state index contributed by atoms with van der Waals surface area (Å²) in [4.78, 5) is 17.4. The molecule has 2 bridgehead atoms.